The number of hydrogen-bond acceptors (Lipinski definition) is 10. The SMILES string of the molecule is CS(=O)(=O)c1cc(C(=O)Nc2nnc(SCc3cccs3)s2)cc([N+](=O)[O-])c1. The number of nitro benzene ring substituents is 1. The average molecular weight is 457 g/mol. The lowest BCUT2D eigenvalue weighted by molar-refractivity contribution is -0.385. The summed E-state index contributed by atoms with van der Waals surface area (Å²) in [4.78, 5) is 23.6. The molecule has 1 amide bonds. The highest BCUT2D eigenvalue weighted by Crippen LogP contribution is 2.30. The zero-order valence-corrected chi connectivity index (χ0v) is 17.5. The summed E-state index contributed by atoms with van der Waals surface area (Å²) < 4.78 is 24.1. The predicted octanol–water partition coefficient (Wildman–Crippen LogP) is 3.46. The Morgan fingerprint density at radius 3 is 2.75 bits per heavy atom. The Bertz CT molecular complexity index is 1130. The van der Waals surface area contributed by atoms with Crippen LogP contribution in [-0.4, -0.2) is 35.7 Å². The highest BCUT2D eigenvalue weighted by Gasteiger charge is 2.20. The third kappa shape index (κ3) is 5.13. The summed E-state index contributed by atoms with van der Waals surface area (Å²) in [5.41, 5.74) is -0.643. The quantitative estimate of drug-likeness (QED) is 0.247. The van der Waals surface area contributed by atoms with Crippen molar-refractivity contribution >= 4 is 61.0 Å². The normalized spacial score (nSPS) is 11.3. The zero-order chi connectivity index (χ0) is 20.3. The maximum atomic E-state index is 12.4. The Hall–Kier alpha value is -2.35. The number of nitrogens with zero attached hydrogens (tertiary/aromatic N) is 3. The van der Waals surface area contributed by atoms with Gasteiger partial charge >= 0.3 is 0 Å². The molecule has 0 saturated heterocycles. The molecule has 0 fully saturated rings. The first-order chi connectivity index (χ1) is 13.2. The van der Waals surface area contributed by atoms with Gasteiger partial charge in [0.2, 0.25) is 5.13 Å². The fourth-order valence-electron chi connectivity index (χ4n) is 2.05. The number of carbonyl (C=O) groups excluding carboxylic acids is 1. The first kappa shape index (κ1) is 20.4. The Morgan fingerprint density at radius 1 is 1.32 bits per heavy atom. The van der Waals surface area contributed by atoms with Crippen molar-refractivity contribution in [1.82, 2.24) is 10.2 Å². The molecule has 0 aliphatic heterocycles. The summed E-state index contributed by atoms with van der Waals surface area (Å²) in [6.45, 7) is 0. The molecule has 0 saturated carbocycles. The second kappa shape index (κ2) is 8.34. The Balaban J connectivity index is 1.76. The molecule has 28 heavy (non-hydrogen) atoms. The van der Waals surface area contributed by atoms with Crippen molar-refractivity contribution in [3.8, 4) is 0 Å². The van der Waals surface area contributed by atoms with E-state index in [1.807, 2.05) is 17.5 Å². The Kier molecular flexibility index (Phi) is 6.07. The monoisotopic (exact) mass is 456 g/mol. The molecule has 13 heteroatoms. The van der Waals surface area contributed by atoms with Crippen LogP contribution in [0.25, 0.3) is 0 Å². The minimum Gasteiger partial charge on any atom is -0.296 e. The smallest absolute Gasteiger partial charge is 0.271 e. The van der Waals surface area contributed by atoms with Crippen molar-refractivity contribution in [1.29, 1.82) is 0 Å². The standard InChI is InChI=1S/C15H12N4O5S4/c1-28(23,24)12-6-9(5-10(7-12)19(21)22)13(20)16-14-17-18-15(27-14)26-8-11-3-2-4-25-11/h2-7H,8H2,1H3,(H,16,17,20). The topological polar surface area (TPSA) is 132 Å². The number of benzene rings is 1. The third-order valence-corrected chi connectivity index (χ3v) is 7.51. The van der Waals surface area contributed by atoms with Gasteiger partial charge in [0.25, 0.3) is 11.6 Å². The van der Waals surface area contributed by atoms with Gasteiger partial charge in [0.1, 0.15) is 0 Å². The van der Waals surface area contributed by atoms with Gasteiger partial charge in [-0.2, -0.15) is 0 Å². The molecular formula is C15H12N4O5S4. The summed E-state index contributed by atoms with van der Waals surface area (Å²) >= 11 is 4.25. The lowest BCUT2D eigenvalue weighted by Crippen LogP contribution is -2.13. The minimum absolute atomic E-state index is 0.155. The minimum atomic E-state index is -3.72. The summed E-state index contributed by atoms with van der Waals surface area (Å²) in [7, 11) is -3.72. The van der Waals surface area contributed by atoms with Crippen molar-refractivity contribution in [3.63, 3.8) is 0 Å². The van der Waals surface area contributed by atoms with Crippen LogP contribution in [-0.2, 0) is 15.6 Å². The molecule has 0 bridgehead atoms. The fraction of sp³-hybridized carbons (Fsp3) is 0.133. The van der Waals surface area contributed by atoms with Crippen LogP contribution in [0.5, 0.6) is 0 Å². The number of rotatable bonds is 7. The highest BCUT2D eigenvalue weighted by atomic mass is 32.2. The van der Waals surface area contributed by atoms with Crippen molar-refractivity contribution in [2.75, 3.05) is 11.6 Å². The first-order valence-electron chi connectivity index (χ1n) is 7.52. The van der Waals surface area contributed by atoms with E-state index < -0.39 is 26.4 Å². The zero-order valence-electron chi connectivity index (χ0n) is 14.2. The number of nitrogens with one attached hydrogen (secondary N) is 1. The Morgan fingerprint density at radius 2 is 2.11 bits per heavy atom. The van der Waals surface area contributed by atoms with Gasteiger partial charge < -0.3 is 0 Å². The first-order valence-corrected chi connectivity index (χ1v) is 12.1. The molecule has 0 atom stereocenters. The number of hydrogen-bond donors (Lipinski definition) is 1. The lowest BCUT2D eigenvalue weighted by Gasteiger charge is -2.04. The van der Waals surface area contributed by atoms with Gasteiger partial charge in [-0.25, -0.2) is 8.42 Å². The summed E-state index contributed by atoms with van der Waals surface area (Å²) in [6, 6.07) is 6.97. The van der Waals surface area contributed by atoms with Crippen LogP contribution in [0, 0.1) is 10.1 Å². The molecule has 0 radical (unpaired) electrons. The molecule has 0 spiro atoms. The van der Waals surface area contributed by atoms with Crippen LogP contribution in [0.15, 0.2) is 44.9 Å². The van der Waals surface area contributed by atoms with Crippen LogP contribution < -0.4 is 5.32 Å². The number of nitro groups is 1. The van der Waals surface area contributed by atoms with Gasteiger partial charge in [0.05, 0.1) is 9.82 Å². The summed E-state index contributed by atoms with van der Waals surface area (Å²) in [5.74, 6) is 0.0163. The van der Waals surface area contributed by atoms with Gasteiger partial charge in [0, 0.05) is 34.6 Å². The summed E-state index contributed by atoms with van der Waals surface area (Å²) in [5, 5.41) is 23.6. The number of thioether (sulfide) groups is 1. The molecule has 0 aliphatic rings. The molecule has 2 heterocycles. The molecule has 1 N–H and O–H groups in total. The van der Waals surface area contributed by atoms with Crippen molar-refractivity contribution in [2.24, 2.45) is 0 Å². The number of anilines is 1. The maximum Gasteiger partial charge on any atom is 0.271 e. The van der Waals surface area contributed by atoms with E-state index in [9.17, 15) is 23.3 Å². The van der Waals surface area contributed by atoms with Gasteiger partial charge in [-0.15, -0.1) is 21.5 Å². The number of aromatic nitrogens is 2. The number of non-ortho nitro benzene ring substituents is 1. The molecule has 0 aliphatic carbocycles. The van der Waals surface area contributed by atoms with E-state index in [0.717, 1.165) is 41.5 Å². The van der Waals surface area contributed by atoms with Crippen LogP contribution in [0.2, 0.25) is 0 Å². The maximum absolute atomic E-state index is 12.4. The van der Waals surface area contributed by atoms with Crippen molar-refractivity contribution in [2.45, 2.75) is 15.0 Å². The highest BCUT2D eigenvalue weighted by molar-refractivity contribution is 8.00. The van der Waals surface area contributed by atoms with E-state index in [0.29, 0.717) is 4.34 Å². The molecular weight excluding hydrogens is 444 g/mol. The molecule has 146 valence electrons. The molecule has 9 nitrogen and oxygen atoms in total. The van der Waals surface area contributed by atoms with Gasteiger partial charge in [-0.05, 0) is 17.5 Å². The second-order valence-electron chi connectivity index (χ2n) is 5.44. The molecule has 2 aromatic heterocycles. The molecule has 1 aromatic carbocycles. The molecule has 3 rings (SSSR count). The van der Waals surface area contributed by atoms with Gasteiger partial charge in [0.15, 0.2) is 14.2 Å². The van der Waals surface area contributed by atoms with E-state index in [2.05, 4.69) is 15.5 Å². The number of thiophene rings is 1. The predicted molar refractivity (Wildman–Crippen MR) is 108 cm³/mol. The van der Waals surface area contributed by atoms with Crippen LogP contribution in [0.3, 0.4) is 0 Å². The molecule has 0 unspecified atom stereocenters. The fourth-order valence-corrected chi connectivity index (χ4v) is 5.25. The lowest BCUT2D eigenvalue weighted by atomic mass is 10.2. The van der Waals surface area contributed by atoms with E-state index in [1.165, 1.54) is 16.6 Å². The third-order valence-electron chi connectivity index (χ3n) is 3.34. The van der Waals surface area contributed by atoms with Crippen LogP contribution >= 0.6 is 34.4 Å². The van der Waals surface area contributed by atoms with Crippen LogP contribution in [0.1, 0.15) is 15.2 Å². The van der Waals surface area contributed by atoms with E-state index in [4.69, 9.17) is 0 Å². The van der Waals surface area contributed by atoms with E-state index >= 15 is 0 Å². The number of sulfone groups is 1. The average Bonchev–Trinajstić information content (AvgIpc) is 3.30. The Labute approximate surface area is 171 Å². The number of carbonyl (C=O) groups is 1. The molecule has 3 aromatic rings. The van der Waals surface area contributed by atoms with Crippen molar-refractivity contribution in [3.05, 3.63) is 56.3 Å². The van der Waals surface area contributed by atoms with Crippen molar-refractivity contribution < 1.29 is 18.1 Å². The van der Waals surface area contributed by atoms with Gasteiger partial charge in [-0.1, -0.05) is 29.2 Å². The summed E-state index contributed by atoms with van der Waals surface area (Å²) in [6.07, 6.45) is 0.912. The van der Waals surface area contributed by atoms with E-state index in [-0.39, 0.29) is 15.6 Å². The largest absolute Gasteiger partial charge is 0.296 e. The van der Waals surface area contributed by atoms with Gasteiger partial charge in [-0.3, -0.25) is 20.2 Å². The van der Waals surface area contributed by atoms with E-state index in [1.54, 1.807) is 11.3 Å². The second-order valence-corrected chi connectivity index (χ2v) is 10.7. The number of amides is 1. The van der Waals surface area contributed by atoms with Crippen LogP contribution in [0.4, 0.5) is 10.8 Å².